The molecule has 0 saturated carbocycles. The third-order valence-electron chi connectivity index (χ3n) is 2.42. The van der Waals surface area contributed by atoms with Crippen LogP contribution in [0.4, 0.5) is 0 Å². The summed E-state index contributed by atoms with van der Waals surface area (Å²) in [5.41, 5.74) is 7.79. The largest absolute Gasteiger partial charge is 0.324 e. The van der Waals surface area contributed by atoms with Gasteiger partial charge < -0.3 is 5.43 Å². The highest BCUT2D eigenvalue weighted by Gasteiger charge is 2.28. The summed E-state index contributed by atoms with van der Waals surface area (Å²) in [4.78, 5) is 0. The molecule has 0 aliphatic carbocycles. The van der Waals surface area contributed by atoms with Crippen molar-refractivity contribution >= 4 is 22.9 Å². The third kappa shape index (κ3) is 1.60. The molecule has 1 saturated heterocycles. The molecule has 0 aromatic rings. The van der Waals surface area contributed by atoms with Gasteiger partial charge in [0, 0.05) is 41.1 Å². The summed E-state index contributed by atoms with van der Waals surface area (Å²) >= 11 is 2.42. The molecule has 0 amide bonds. The predicted molar refractivity (Wildman–Crippen MR) is 57.6 cm³/mol. The van der Waals surface area contributed by atoms with E-state index < -0.39 is 0 Å². The van der Waals surface area contributed by atoms with Gasteiger partial charge in [0.25, 0.3) is 0 Å². The fourth-order valence-electron chi connectivity index (χ4n) is 1.78. The zero-order valence-corrected chi connectivity index (χ0v) is 9.34. The number of rotatable bonds is 1. The van der Waals surface area contributed by atoms with Crippen LogP contribution in [0.15, 0.2) is 11.8 Å². The van der Waals surface area contributed by atoms with E-state index in [0.717, 1.165) is 0 Å². The van der Waals surface area contributed by atoms with Gasteiger partial charge in [0.1, 0.15) is 0 Å². The Morgan fingerprint density at radius 2 is 2.50 bits per heavy atom. The fraction of sp³-hybridized carbons (Fsp3) is 0.750. The Hall–Kier alpha value is 0.190. The van der Waals surface area contributed by atoms with Crippen LogP contribution >= 0.6 is 22.9 Å². The molecule has 3 nitrogen and oxygen atoms in total. The maximum Gasteiger partial charge on any atom is 0.0602 e. The van der Waals surface area contributed by atoms with Gasteiger partial charge in [-0.05, 0) is 25.8 Å². The summed E-state index contributed by atoms with van der Waals surface area (Å²) in [7, 11) is 0. The van der Waals surface area contributed by atoms with E-state index >= 15 is 0 Å². The first-order valence-electron chi connectivity index (χ1n) is 4.43. The number of hydrogen-bond donors (Lipinski definition) is 2. The molecule has 2 heterocycles. The highest BCUT2D eigenvalue weighted by molar-refractivity contribution is 14.1. The minimum Gasteiger partial charge on any atom is -0.324 e. The third-order valence-corrected chi connectivity index (χ3v) is 3.58. The molecule has 1 unspecified atom stereocenters. The molecule has 0 bridgehead atoms. The van der Waals surface area contributed by atoms with Crippen molar-refractivity contribution in [2.45, 2.75) is 31.8 Å². The highest BCUT2D eigenvalue weighted by atomic mass is 127. The van der Waals surface area contributed by atoms with Gasteiger partial charge in [-0.2, -0.15) is 0 Å². The first-order valence-corrected chi connectivity index (χ1v) is 5.39. The van der Waals surface area contributed by atoms with E-state index in [1.807, 2.05) is 0 Å². The first kappa shape index (κ1) is 8.77. The Morgan fingerprint density at radius 3 is 3.00 bits per heavy atom. The lowest BCUT2D eigenvalue weighted by Gasteiger charge is -2.18. The minimum atomic E-state index is 0.477. The molecule has 2 rings (SSSR count). The quantitative estimate of drug-likeness (QED) is 0.557. The van der Waals surface area contributed by atoms with Crippen LogP contribution in [0.3, 0.4) is 0 Å². The zero-order chi connectivity index (χ0) is 8.55. The number of halogens is 1. The molecule has 0 aromatic heterocycles. The van der Waals surface area contributed by atoms with E-state index in [9.17, 15) is 0 Å². The molecule has 2 aliphatic rings. The summed E-state index contributed by atoms with van der Waals surface area (Å²) < 4.78 is 2.39. The summed E-state index contributed by atoms with van der Waals surface area (Å²) in [5.74, 6) is 0. The van der Waals surface area contributed by atoms with E-state index in [2.05, 4.69) is 49.8 Å². The van der Waals surface area contributed by atoms with Crippen molar-refractivity contribution in [1.29, 1.82) is 0 Å². The Labute approximate surface area is 87.0 Å². The van der Waals surface area contributed by atoms with Crippen LogP contribution in [-0.2, 0) is 0 Å². The molecule has 0 spiro atoms. The standard InChI is InChI=1S/C8H14IN3/c1-6-5-7(11-10-6)8-3-2-4-12(8)9/h5-6,8,10-11H,2-4H2,1H3/t6?,8-/m0/s1. The van der Waals surface area contributed by atoms with Crippen molar-refractivity contribution in [2.24, 2.45) is 0 Å². The average Bonchev–Trinajstić information content (AvgIpc) is 2.58. The number of hydrogen-bond acceptors (Lipinski definition) is 3. The number of hydrazine groups is 1. The smallest absolute Gasteiger partial charge is 0.0602 e. The van der Waals surface area contributed by atoms with Gasteiger partial charge in [-0.3, -0.25) is 0 Å². The van der Waals surface area contributed by atoms with Crippen molar-refractivity contribution < 1.29 is 0 Å². The number of nitrogens with zero attached hydrogens (tertiary/aromatic N) is 1. The van der Waals surface area contributed by atoms with E-state index in [-0.39, 0.29) is 0 Å². The maximum absolute atomic E-state index is 3.24. The summed E-state index contributed by atoms with van der Waals surface area (Å²) in [6.07, 6.45) is 4.89. The lowest BCUT2D eigenvalue weighted by molar-refractivity contribution is 0.484. The van der Waals surface area contributed by atoms with Crippen LogP contribution in [0.1, 0.15) is 19.8 Å². The van der Waals surface area contributed by atoms with Gasteiger partial charge in [-0.15, -0.1) is 0 Å². The second-order valence-electron chi connectivity index (χ2n) is 3.46. The van der Waals surface area contributed by atoms with Crippen molar-refractivity contribution in [1.82, 2.24) is 14.0 Å². The van der Waals surface area contributed by atoms with Crippen molar-refractivity contribution in [3.8, 4) is 0 Å². The first-order chi connectivity index (χ1) is 5.77. The maximum atomic E-state index is 3.24. The molecule has 1 fully saturated rings. The van der Waals surface area contributed by atoms with Gasteiger partial charge >= 0.3 is 0 Å². The molecular formula is C8H14IN3. The Kier molecular flexibility index (Phi) is 2.57. The van der Waals surface area contributed by atoms with Gasteiger partial charge in [0.15, 0.2) is 0 Å². The average molecular weight is 279 g/mol. The van der Waals surface area contributed by atoms with Gasteiger partial charge in [0.2, 0.25) is 0 Å². The van der Waals surface area contributed by atoms with E-state index in [0.29, 0.717) is 12.1 Å². The predicted octanol–water partition coefficient (Wildman–Crippen LogP) is 1.18. The SMILES string of the molecule is CC1C=C([C@@H]2CCCN2I)NN1. The van der Waals surface area contributed by atoms with Crippen LogP contribution in [0.2, 0.25) is 0 Å². The molecule has 2 atom stereocenters. The van der Waals surface area contributed by atoms with Crippen LogP contribution in [0.5, 0.6) is 0 Å². The lowest BCUT2D eigenvalue weighted by atomic mass is 10.1. The minimum absolute atomic E-state index is 0.477. The molecule has 0 radical (unpaired) electrons. The Bertz CT molecular complexity index is 204. The fourth-order valence-corrected chi connectivity index (χ4v) is 2.70. The lowest BCUT2D eigenvalue weighted by Crippen LogP contribution is -2.35. The highest BCUT2D eigenvalue weighted by Crippen LogP contribution is 2.26. The summed E-state index contributed by atoms with van der Waals surface area (Å²) in [6.45, 7) is 3.38. The molecular weight excluding hydrogens is 265 g/mol. The normalized spacial score (nSPS) is 36.7. The monoisotopic (exact) mass is 279 g/mol. The van der Waals surface area contributed by atoms with Crippen LogP contribution < -0.4 is 10.9 Å². The number of nitrogens with one attached hydrogen (secondary N) is 2. The molecule has 12 heavy (non-hydrogen) atoms. The van der Waals surface area contributed by atoms with Gasteiger partial charge in [-0.25, -0.2) is 8.54 Å². The van der Waals surface area contributed by atoms with Crippen LogP contribution in [-0.4, -0.2) is 21.7 Å². The molecule has 2 aliphatic heterocycles. The summed E-state index contributed by atoms with van der Waals surface area (Å²) in [5, 5.41) is 0. The molecule has 68 valence electrons. The van der Waals surface area contributed by atoms with E-state index in [4.69, 9.17) is 0 Å². The molecule has 2 N–H and O–H groups in total. The second-order valence-corrected chi connectivity index (χ2v) is 4.70. The van der Waals surface area contributed by atoms with Gasteiger partial charge in [0.05, 0.1) is 6.04 Å². The van der Waals surface area contributed by atoms with Crippen LogP contribution in [0, 0.1) is 0 Å². The second kappa shape index (κ2) is 3.51. The molecule has 0 aromatic carbocycles. The van der Waals surface area contributed by atoms with Crippen molar-refractivity contribution in [2.75, 3.05) is 6.54 Å². The Balaban J connectivity index is 2.04. The van der Waals surface area contributed by atoms with Crippen molar-refractivity contribution in [3.05, 3.63) is 11.8 Å². The topological polar surface area (TPSA) is 27.3 Å². The Morgan fingerprint density at radius 1 is 1.67 bits per heavy atom. The zero-order valence-electron chi connectivity index (χ0n) is 7.18. The van der Waals surface area contributed by atoms with Crippen LogP contribution in [0.25, 0.3) is 0 Å². The van der Waals surface area contributed by atoms with Gasteiger partial charge in [-0.1, -0.05) is 0 Å². The van der Waals surface area contributed by atoms with E-state index in [1.165, 1.54) is 25.1 Å². The molecule has 4 heteroatoms. The van der Waals surface area contributed by atoms with Crippen molar-refractivity contribution in [3.63, 3.8) is 0 Å². The summed E-state index contributed by atoms with van der Waals surface area (Å²) in [6, 6.07) is 1.09. The van der Waals surface area contributed by atoms with E-state index in [1.54, 1.807) is 0 Å².